The number of para-hydroxylation sites is 3. The second-order valence-corrected chi connectivity index (χ2v) is 18.2. The van der Waals surface area contributed by atoms with Gasteiger partial charge in [-0.15, -0.1) is 11.3 Å². The Morgan fingerprint density at radius 3 is 1.74 bits per heavy atom. The summed E-state index contributed by atoms with van der Waals surface area (Å²) in [6, 6.07) is 71.3. The fourth-order valence-electron chi connectivity index (χ4n) is 10.6. The normalized spacial score (nSPS) is 12.2. The van der Waals surface area contributed by atoms with Crippen LogP contribution in [0.15, 0.2) is 205 Å². The molecule has 5 heterocycles. The molecule has 306 valence electrons. The van der Waals surface area contributed by atoms with E-state index in [0.29, 0.717) is 17.6 Å². The molecule has 0 radical (unpaired) electrons. The molecule has 7 heteroatoms. The van der Waals surface area contributed by atoms with Gasteiger partial charge in [-0.3, -0.25) is 4.57 Å². The number of hydrogen-bond acceptors (Lipinski definition) is 5. The van der Waals surface area contributed by atoms with Crippen LogP contribution in [-0.4, -0.2) is 24.1 Å². The molecular formula is C59H33N5OS. The van der Waals surface area contributed by atoms with Gasteiger partial charge in [0.05, 0.1) is 22.1 Å². The molecule has 0 amide bonds. The zero-order valence-electron chi connectivity index (χ0n) is 35.1. The lowest BCUT2D eigenvalue weighted by Gasteiger charge is -2.16. The van der Waals surface area contributed by atoms with Gasteiger partial charge in [0.25, 0.3) is 0 Å². The van der Waals surface area contributed by atoms with Crippen LogP contribution in [0.1, 0.15) is 0 Å². The smallest absolute Gasteiger partial charge is 0.238 e. The lowest BCUT2D eigenvalue weighted by molar-refractivity contribution is 0.666. The van der Waals surface area contributed by atoms with Gasteiger partial charge >= 0.3 is 0 Å². The van der Waals surface area contributed by atoms with Crippen LogP contribution in [0.3, 0.4) is 0 Å². The van der Waals surface area contributed by atoms with E-state index in [1.165, 1.54) is 25.6 Å². The predicted molar refractivity (Wildman–Crippen MR) is 275 cm³/mol. The average molecular weight is 860 g/mol. The second-order valence-electron chi connectivity index (χ2n) is 17.1. The van der Waals surface area contributed by atoms with Crippen molar-refractivity contribution in [3.8, 4) is 34.4 Å². The minimum absolute atomic E-state index is 0.540. The van der Waals surface area contributed by atoms with Crippen molar-refractivity contribution in [3.05, 3.63) is 200 Å². The van der Waals surface area contributed by atoms with Gasteiger partial charge in [0.2, 0.25) is 5.95 Å². The molecule has 66 heavy (non-hydrogen) atoms. The summed E-state index contributed by atoms with van der Waals surface area (Å²) >= 11 is 1.79. The third kappa shape index (κ3) is 5.03. The highest BCUT2D eigenvalue weighted by molar-refractivity contribution is 7.25. The van der Waals surface area contributed by atoms with Gasteiger partial charge in [-0.05, 0) is 82.2 Å². The molecule has 5 aromatic heterocycles. The first-order valence-corrected chi connectivity index (χ1v) is 23.0. The zero-order valence-corrected chi connectivity index (χ0v) is 35.9. The van der Waals surface area contributed by atoms with Crippen molar-refractivity contribution in [2.75, 3.05) is 0 Å². The third-order valence-electron chi connectivity index (χ3n) is 13.5. The highest BCUT2D eigenvalue weighted by Crippen LogP contribution is 2.45. The Labute approximate surface area is 379 Å². The van der Waals surface area contributed by atoms with Crippen molar-refractivity contribution in [2.45, 2.75) is 0 Å². The van der Waals surface area contributed by atoms with Crippen LogP contribution in [0, 0.1) is 0 Å². The van der Waals surface area contributed by atoms with E-state index >= 15 is 0 Å². The maximum atomic E-state index is 7.18. The highest BCUT2D eigenvalue weighted by Gasteiger charge is 2.26. The minimum atomic E-state index is 0.540. The van der Waals surface area contributed by atoms with Crippen molar-refractivity contribution < 1.29 is 4.42 Å². The maximum Gasteiger partial charge on any atom is 0.238 e. The molecule has 0 bridgehead atoms. The lowest BCUT2D eigenvalue weighted by atomic mass is 10.0. The molecule has 0 spiro atoms. The molecule has 15 rings (SSSR count). The number of hydrogen-bond donors (Lipinski definition) is 0. The quantitative estimate of drug-likeness (QED) is 0.177. The Bertz CT molecular complexity index is 4500. The second kappa shape index (κ2) is 13.4. The van der Waals surface area contributed by atoms with Crippen LogP contribution < -0.4 is 0 Å². The van der Waals surface area contributed by atoms with Gasteiger partial charge in [0, 0.05) is 63.6 Å². The summed E-state index contributed by atoms with van der Waals surface area (Å²) in [6.45, 7) is 0. The molecule has 0 fully saturated rings. The van der Waals surface area contributed by atoms with Gasteiger partial charge in [-0.2, -0.15) is 9.97 Å². The Morgan fingerprint density at radius 2 is 0.970 bits per heavy atom. The molecule has 0 aliphatic rings. The average Bonchev–Trinajstić information content (AvgIpc) is 4.13. The monoisotopic (exact) mass is 859 g/mol. The Hall–Kier alpha value is -8.65. The molecule has 0 unspecified atom stereocenters. The standard InChI is InChI=1S/C59H33N5OS/c1-2-15-36-32-50-46(31-35(36)14-1)41-19-7-9-21-47(41)63(50)55-45(29-28-44-54-38-16-4-3-13-34(38)26-30-51(54)65-56(44)55)58-60-57(37-25-27-43-42-20-8-12-24-52(42)66-53(43)33-37)61-59(62-58)64-48-22-10-5-17-39(48)40-18-6-11-23-49(40)64/h1-33H. The largest absolute Gasteiger partial charge is 0.454 e. The van der Waals surface area contributed by atoms with E-state index in [0.717, 1.165) is 98.5 Å². The summed E-state index contributed by atoms with van der Waals surface area (Å²) in [5.41, 5.74) is 8.39. The first kappa shape index (κ1) is 35.8. The molecule has 0 N–H and O–H groups in total. The summed E-state index contributed by atoms with van der Waals surface area (Å²) < 4.78 is 14.2. The van der Waals surface area contributed by atoms with Gasteiger partial charge in [0.1, 0.15) is 11.3 Å². The lowest BCUT2D eigenvalue weighted by Crippen LogP contribution is -2.08. The van der Waals surface area contributed by atoms with Crippen LogP contribution >= 0.6 is 11.3 Å². The summed E-state index contributed by atoms with van der Waals surface area (Å²) in [5.74, 6) is 1.67. The SMILES string of the molecule is c1ccc2cc3c(cc2c1)c1ccccc1n3-c1c(-c2nc(-c3ccc4c(c3)sc3ccccc34)nc(-n3c4ccccc4c4ccccc43)n2)ccc2c1oc1ccc3ccccc3c12. The maximum absolute atomic E-state index is 7.18. The molecule has 0 aliphatic heterocycles. The minimum Gasteiger partial charge on any atom is -0.454 e. The summed E-state index contributed by atoms with van der Waals surface area (Å²) in [4.78, 5) is 16.5. The highest BCUT2D eigenvalue weighted by atomic mass is 32.1. The van der Waals surface area contributed by atoms with Crippen LogP contribution in [0.2, 0.25) is 0 Å². The van der Waals surface area contributed by atoms with Crippen molar-refractivity contribution in [2.24, 2.45) is 0 Å². The van der Waals surface area contributed by atoms with Crippen molar-refractivity contribution in [1.82, 2.24) is 24.1 Å². The zero-order chi connectivity index (χ0) is 43.0. The van der Waals surface area contributed by atoms with E-state index in [1.54, 1.807) is 11.3 Å². The van der Waals surface area contributed by atoms with Crippen LogP contribution in [-0.2, 0) is 0 Å². The van der Waals surface area contributed by atoms with E-state index in [2.05, 4.69) is 209 Å². The summed E-state index contributed by atoms with van der Waals surface area (Å²) in [6.07, 6.45) is 0. The molecular weight excluding hydrogens is 827 g/mol. The predicted octanol–water partition coefficient (Wildman–Crippen LogP) is 16.0. The number of nitrogens with zero attached hydrogens (tertiary/aromatic N) is 5. The molecule has 6 nitrogen and oxygen atoms in total. The molecule has 0 aliphatic carbocycles. The van der Waals surface area contributed by atoms with Crippen molar-refractivity contribution in [3.63, 3.8) is 0 Å². The summed E-state index contributed by atoms with van der Waals surface area (Å²) in [5, 5.41) is 13.8. The number of aromatic nitrogens is 5. The molecule has 0 saturated carbocycles. The fraction of sp³-hybridized carbons (Fsp3) is 0. The third-order valence-corrected chi connectivity index (χ3v) is 14.7. The number of rotatable bonds is 4. The van der Waals surface area contributed by atoms with E-state index in [9.17, 15) is 0 Å². The number of furan rings is 1. The van der Waals surface area contributed by atoms with Gasteiger partial charge in [-0.25, -0.2) is 4.98 Å². The Kier molecular flexibility index (Phi) is 7.28. The van der Waals surface area contributed by atoms with Crippen molar-refractivity contribution >= 4 is 119 Å². The number of benzene rings is 10. The summed E-state index contributed by atoms with van der Waals surface area (Å²) in [7, 11) is 0. The van der Waals surface area contributed by atoms with E-state index < -0.39 is 0 Å². The van der Waals surface area contributed by atoms with Gasteiger partial charge in [-0.1, -0.05) is 140 Å². The Balaban J connectivity index is 1.10. The molecule has 10 aromatic carbocycles. The topological polar surface area (TPSA) is 61.7 Å². The van der Waals surface area contributed by atoms with Crippen LogP contribution in [0.4, 0.5) is 0 Å². The van der Waals surface area contributed by atoms with E-state index in [4.69, 9.17) is 19.4 Å². The first-order chi connectivity index (χ1) is 32.7. The van der Waals surface area contributed by atoms with Crippen molar-refractivity contribution in [1.29, 1.82) is 0 Å². The van der Waals surface area contributed by atoms with Crippen LogP contribution in [0.25, 0.3) is 142 Å². The number of thiophene rings is 1. The Morgan fingerprint density at radius 1 is 0.379 bits per heavy atom. The van der Waals surface area contributed by atoms with E-state index in [-0.39, 0.29) is 0 Å². The molecule has 0 atom stereocenters. The van der Waals surface area contributed by atoms with E-state index in [1.807, 2.05) is 0 Å². The molecule has 15 aromatic rings. The van der Waals surface area contributed by atoms with Crippen LogP contribution in [0.5, 0.6) is 0 Å². The van der Waals surface area contributed by atoms with Gasteiger partial charge in [0.15, 0.2) is 17.2 Å². The first-order valence-electron chi connectivity index (χ1n) is 22.2. The fourth-order valence-corrected chi connectivity index (χ4v) is 11.8. The molecule has 0 saturated heterocycles. The number of fused-ring (bicyclic) bond motifs is 15. The van der Waals surface area contributed by atoms with Gasteiger partial charge < -0.3 is 8.98 Å².